The first-order chi connectivity index (χ1) is 11.7. The van der Waals surface area contributed by atoms with Gasteiger partial charge >= 0.3 is 11.9 Å². The van der Waals surface area contributed by atoms with Gasteiger partial charge in [0.25, 0.3) is 5.76 Å². The Labute approximate surface area is 145 Å². The van der Waals surface area contributed by atoms with Crippen LogP contribution in [0.15, 0.2) is 28.7 Å². The summed E-state index contributed by atoms with van der Waals surface area (Å²) in [6.07, 6.45) is 0. The molecule has 1 aromatic heterocycles. The van der Waals surface area contributed by atoms with Gasteiger partial charge in [-0.2, -0.15) is 0 Å². The van der Waals surface area contributed by atoms with Crippen molar-refractivity contribution in [3.05, 3.63) is 35.8 Å². The fourth-order valence-corrected chi connectivity index (χ4v) is 2.15. The Kier molecular flexibility index (Phi) is 5.06. The quantitative estimate of drug-likeness (QED) is 0.846. The largest absolute Gasteiger partial charge is 0.504 e. The zero-order valence-corrected chi connectivity index (χ0v) is 14.7. The highest BCUT2D eigenvalue weighted by atomic mass is 16.6. The van der Waals surface area contributed by atoms with E-state index < -0.39 is 29.0 Å². The molecule has 1 N–H and O–H groups in total. The second-order valence-electron chi connectivity index (χ2n) is 6.21. The first kappa shape index (κ1) is 18.4. The molecule has 0 aliphatic carbocycles. The zero-order valence-electron chi connectivity index (χ0n) is 14.7. The van der Waals surface area contributed by atoms with Crippen LogP contribution < -0.4 is 4.74 Å². The van der Waals surface area contributed by atoms with Crippen molar-refractivity contribution in [2.24, 2.45) is 0 Å². The zero-order chi connectivity index (χ0) is 18.8. The van der Waals surface area contributed by atoms with Gasteiger partial charge in [0.2, 0.25) is 5.76 Å². The molecule has 1 heterocycles. The second-order valence-corrected chi connectivity index (χ2v) is 6.21. The number of rotatable bonds is 4. The van der Waals surface area contributed by atoms with E-state index in [1.165, 1.54) is 7.11 Å². The van der Waals surface area contributed by atoms with E-state index in [1.807, 2.05) is 0 Å². The van der Waals surface area contributed by atoms with Crippen LogP contribution >= 0.6 is 0 Å². The van der Waals surface area contributed by atoms with Gasteiger partial charge < -0.3 is 23.7 Å². The van der Waals surface area contributed by atoms with Crippen LogP contribution in [0.5, 0.6) is 11.5 Å². The summed E-state index contributed by atoms with van der Waals surface area (Å²) in [5.74, 6) is -2.34. The lowest BCUT2D eigenvalue weighted by Crippen LogP contribution is -2.24. The Morgan fingerprint density at radius 3 is 2.08 bits per heavy atom. The lowest BCUT2D eigenvalue weighted by Gasteiger charge is -2.18. The minimum absolute atomic E-state index is 0.0531. The molecule has 25 heavy (non-hydrogen) atoms. The van der Waals surface area contributed by atoms with Crippen molar-refractivity contribution in [3.8, 4) is 22.6 Å². The predicted molar refractivity (Wildman–Crippen MR) is 88.9 cm³/mol. The summed E-state index contributed by atoms with van der Waals surface area (Å²) in [6.45, 7) is 5.09. The Morgan fingerprint density at radius 2 is 1.60 bits per heavy atom. The highest BCUT2D eigenvalue weighted by molar-refractivity contribution is 6.01. The Balaban J connectivity index is 2.60. The molecule has 7 nitrogen and oxygen atoms in total. The fraction of sp³-hybridized carbons (Fsp3) is 0.333. The fourth-order valence-electron chi connectivity index (χ4n) is 2.15. The average molecular weight is 348 g/mol. The van der Waals surface area contributed by atoms with Gasteiger partial charge in [0.15, 0.2) is 5.75 Å². The molecule has 0 saturated heterocycles. The number of carbonyl (C=O) groups excluding carboxylic acids is 2. The van der Waals surface area contributed by atoms with E-state index in [-0.39, 0.29) is 11.3 Å². The van der Waals surface area contributed by atoms with E-state index in [9.17, 15) is 14.7 Å². The molecule has 0 saturated carbocycles. The molecule has 0 unspecified atom stereocenters. The van der Waals surface area contributed by atoms with Crippen molar-refractivity contribution >= 4 is 11.9 Å². The maximum Gasteiger partial charge on any atom is 0.377 e. The first-order valence-electron chi connectivity index (χ1n) is 7.49. The van der Waals surface area contributed by atoms with E-state index in [2.05, 4.69) is 4.74 Å². The molecule has 0 atom stereocenters. The molecule has 0 amide bonds. The van der Waals surface area contributed by atoms with Crippen molar-refractivity contribution in [2.45, 2.75) is 26.4 Å². The smallest absolute Gasteiger partial charge is 0.377 e. The number of furan rings is 1. The van der Waals surface area contributed by atoms with Gasteiger partial charge in [0, 0.05) is 0 Å². The predicted octanol–water partition coefficient (Wildman–Crippen LogP) is 3.40. The van der Waals surface area contributed by atoms with Crippen LogP contribution in [0.2, 0.25) is 0 Å². The van der Waals surface area contributed by atoms with E-state index in [0.717, 1.165) is 7.11 Å². The van der Waals surface area contributed by atoms with Crippen LogP contribution in [-0.2, 0) is 9.47 Å². The van der Waals surface area contributed by atoms with Crippen molar-refractivity contribution in [3.63, 3.8) is 0 Å². The molecule has 2 rings (SSSR count). The normalized spacial score (nSPS) is 11.1. The molecule has 0 aliphatic rings. The highest BCUT2D eigenvalue weighted by Gasteiger charge is 2.32. The topological polar surface area (TPSA) is 95.2 Å². The van der Waals surface area contributed by atoms with Crippen molar-refractivity contribution < 1.29 is 33.3 Å². The molecular weight excluding hydrogens is 328 g/mol. The molecule has 0 bridgehead atoms. The maximum absolute atomic E-state index is 12.5. The van der Waals surface area contributed by atoms with Crippen LogP contribution in [-0.4, -0.2) is 36.9 Å². The van der Waals surface area contributed by atoms with Crippen molar-refractivity contribution in [1.82, 2.24) is 0 Å². The lowest BCUT2D eigenvalue weighted by molar-refractivity contribution is 0.00353. The van der Waals surface area contributed by atoms with E-state index in [4.69, 9.17) is 13.9 Å². The Bertz CT molecular complexity index is 779. The summed E-state index contributed by atoms with van der Waals surface area (Å²) in [5, 5.41) is 10.4. The third-order valence-corrected chi connectivity index (χ3v) is 3.22. The molecule has 0 spiro atoms. The summed E-state index contributed by atoms with van der Waals surface area (Å²) in [7, 11) is 2.66. The standard InChI is InChI=1S/C18H20O7/c1-18(2,3)25-17(21)14-12(10-6-8-11(22-4)9-7-10)13(19)15(24-14)16(20)23-5/h6-9,19H,1-5H3. The molecule has 134 valence electrons. The van der Waals surface area contributed by atoms with Gasteiger partial charge in [0.1, 0.15) is 11.4 Å². The van der Waals surface area contributed by atoms with Gasteiger partial charge in [-0.1, -0.05) is 12.1 Å². The molecular formula is C18H20O7. The number of methoxy groups -OCH3 is 2. The lowest BCUT2D eigenvalue weighted by atomic mass is 10.0. The molecule has 0 radical (unpaired) electrons. The molecule has 7 heteroatoms. The summed E-state index contributed by atoms with van der Waals surface area (Å²) in [6, 6.07) is 6.55. The Hall–Kier alpha value is -2.96. The monoisotopic (exact) mass is 348 g/mol. The van der Waals surface area contributed by atoms with Crippen molar-refractivity contribution in [1.29, 1.82) is 0 Å². The van der Waals surface area contributed by atoms with Crippen LogP contribution in [0.1, 0.15) is 41.9 Å². The Morgan fingerprint density at radius 1 is 1.00 bits per heavy atom. The van der Waals surface area contributed by atoms with Gasteiger partial charge in [0.05, 0.1) is 19.8 Å². The molecule has 0 aliphatic heterocycles. The van der Waals surface area contributed by atoms with Gasteiger partial charge in [-0.3, -0.25) is 0 Å². The number of carbonyl (C=O) groups is 2. The molecule has 0 fully saturated rings. The minimum atomic E-state index is -0.901. The number of esters is 2. The number of aromatic hydroxyl groups is 1. The summed E-state index contributed by atoms with van der Waals surface area (Å²) < 4.78 is 20.2. The van der Waals surface area contributed by atoms with E-state index in [0.29, 0.717) is 11.3 Å². The second kappa shape index (κ2) is 6.88. The third kappa shape index (κ3) is 3.93. The minimum Gasteiger partial charge on any atom is -0.504 e. The maximum atomic E-state index is 12.5. The number of hydrogen-bond donors (Lipinski definition) is 1. The van der Waals surface area contributed by atoms with Gasteiger partial charge in [-0.05, 0) is 38.5 Å². The van der Waals surface area contributed by atoms with Crippen LogP contribution in [0.3, 0.4) is 0 Å². The van der Waals surface area contributed by atoms with E-state index >= 15 is 0 Å². The SMILES string of the molecule is COC(=O)c1oc(C(=O)OC(C)(C)C)c(-c2ccc(OC)cc2)c1O. The summed E-state index contributed by atoms with van der Waals surface area (Å²) in [5.41, 5.74) is -0.266. The summed E-state index contributed by atoms with van der Waals surface area (Å²) in [4.78, 5) is 24.2. The number of benzene rings is 1. The summed E-state index contributed by atoms with van der Waals surface area (Å²) >= 11 is 0. The van der Waals surface area contributed by atoms with Crippen LogP contribution in [0.25, 0.3) is 11.1 Å². The number of ether oxygens (including phenoxy) is 3. The van der Waals surface area contributed by atoms with Crippen molar-refractivity contribution in [2.75, 3.05) is 14.2 Å². The van der Waals surface area contributed by atoms with Crippen LogP contribution in [0.4, 0.5) is 0 Å². The highest BCUT2D eigenvalue weighted by Crippen LogP contribution is 2.40. The van der Waals surface area contributed by atoms with Gasteiger partial charge in [-0.15, -0.1) is 0 Å². The first-order valence-corrected chi connectivity index (χ1v) is 7.49. The molecule has 2 aromatic rings. The average Bonchev–Trinajstić information content (AvgIpc) is 2.90. The van der Waals surface area contributed by atoms with E-state index in [1.54, 1.807) is 45.0 Å². The van der Waals surface area contributed by atoms with Crippen LogP contribution in [0, 0.1) is 0 Å². The molecule has 1 aromatic carbocycles. The third-order valence-electron chi connectivity index (χ3n) is 3.22. The van der Waals surface area contributed by atoms with Gasteiger partial charge in [-0.25, -0.2) is 9.59 Å². The number of hydrogen-bond acceptors (Lipinski definition) is 7.